The number of amides is 1. The molecule has 1 aromatic rings. The molecular weight excluding hydrogens is 248 g/mol. The minimum Gasteiger partial charge on any atom is -0.314 e. The van der Waals surface area contributed by atoms with Gasteiger partial charge in [0.05, 0.1) is 6.07 Å². The summed E-state index contributed by atoms with van der Waals surface area (Å²) in [5, 5.41) is 9.77. The monoisotopic (exact) mass is 266 g/mol. The first-order chi connectivity index (χ1) is 9.51. The molecule has 0 fully saturated rings. The van der Waals surface area contributed by atoms with Crippen LogP contribution < -0.4 is 4.90 Å². The molecule has 0 spiro atoms. The van der Waals surface area contributed by atoms with Crippen molar-refractivity contribution in [2.24, 2.45) is 5.41 Å². The number of fused-ring (bicyclic) bond motifs is 3. The molecule has 1 heterocycles. The van der Waals surface area contributed by atoms with Gasteiger partial charge in [0, 0.05) is 18.7 Å². The van der Waals surface area contributed by atoms with Gasteiger partial charge in [0.1, 0.15) is 5.41 Å². The molecule has 0 aromatic heterocycles. The predicted octanol–water partition coefficient (Wildman–Crippen LogP) is 3.39. The Balaban J connectivity index is 2.27. The van der Waals surface area contributed by atoms with Crippen molar-refractivity contribution in [3.05, 3.63) is 41.0 Å². The van der Waals surface area contributed by atoms with Crippen molar-refractivity contribution in [1.29, 1.82) is 5.26 Å². The van der Waals surface area contributed by atoms with Gasteiger partial charge in [-0.2, -0.15) is 5.26 Å². The number of para-hydroxylation sites is 1. The van der Waals surface area contributed by atoms with E-state index in [1.807, 2.05) is 25.1 Å². The van der Waals surface area contributed by atoms with Crippen molar-refractivity contribution in [2.45, 2.75) is 32.6 Å². The van der Waals surface area contributed by atoms with Crippen molar-refractivity contribution < 1.29 is 4.79 Å². The highest BCUT2D eigenvalue weighted by Gasteiger charge is 2.54. The average molecular weight is 266 g/mol. The van der Waals surface area contributed by atoms with E-state index in [9.17, 15) is 10.1 Å². The fraction of sp³-hybridized carbons (Fsp3) is 0.412. The van der Waals surface area contributed by atoms with Gasteiger partial charge in [-0.1, -0.05) is 29.3 Å². The maximum absolute atomic E-state index is 12.8. The van der Waals surface area contributed by atoms with Gasteiger partial charge in [0.15, 0.2) is 0 Å². The van der Waals surface area contributed by atoms with E-state index in [1.54, 1.807) is 11.9 Å². The predicted molar refractivity (Wildman–Crippen MR) is 78.2 cm³/mol. The molecule has 20 heavy (non-hydrogen) atoms. The molecular formula is C17H18N2O. The number of hydrogen-bond donors (Lipinski definition) is 0. The number of carbonyl (C=O) groups excluding carboxylic acids is 1. The Hall–Kier alpha value is -2.08. The van der Waals surface area contributed by atoms with E-state index in [4.69, 9.17) is 0 Å². The summed E-state index contributed by atoms with van der Waals surface area (Å²) in [6.07, 6.45) is 1.35. The Morgan fingerprint density at radius 1 is 1.30 bits per heavy atom. The Morgan fingerprint density at radius 2 is 2.00 bits per heavy atom. The molecule has 1 aliphatic heterocycles. The van der Waals surface area contributed by atoms with Gasteiger partial charge in [-0.15, -0.1) is 0 Å². The van der Waals surface area contributed by atoms with E-state index in [2.05, 4.69) is 19.1 Å². The van der Waals surface area contributed by atoms with Crippen LogP contribution in [0.15, 0.2) is 35.4 Å². The van der Waals surface area contributed by atoms with Gasteiger partial charge in [0.2, 0.25) is 5.91 Å². The van der Waals surface area contributed by atoms with Crippen LogP contribution in [0.1, 0.15) is 38.2 Å². The largest absolute Gasteiger partial charge is 0.314 e. The van der Waals surface area contributed by atoms with Crippen LogP contribution in [0, 0.1) is 16.7 Å². The molecule has 1 aliphatic carbocycles. The van der Waals surface area contributed by atoms with Crippen molar-refractivity contribution in [3.63, 3.8) is 0 Å². The Morgan fingerprint density at radius 3 is 2.70 bits per heavy atom. The average Bonchev–Trinajstić information content (AvgIpc) is 2.47. The highest BCUT2D eigenvalue weighted by atomic mass is 16.2. The summed E-state index contributed by atoms with van der Waals surface area (Å²) in [5.74, 6) is -0.0772. The van der Waals surface area contributed by atoms with Crippen LogP contribution in [0.4, 0.5) is 5.69 Å². The lowest BCUT2D eigenvalue weighted by atomic mass is 9.60. The maximum Gasteiger partial charge on any atom is 0.248 e. The summed E-state index contributed by atoms with van der Waals surface area (Å²) in [4.78, 5) is 14.5. The molecule has 2 aliphatic rings. The summed E-state index contributed by atoms with van der Waals surface area (Å²) >= 11 is 0. The number of carbonyl (C=O) groups is 1. The van der Waals surface area contributed by atoms with E-state index in [0.29, 0.717) is 6.42 Å². The molecule has 0 N–H and O–H groups in total. The number of nitriles is 1. The van der Waals surface area contributed by atoms with Gasteiger partial charge in [-0.05, 0) is 38.3 Å². The lowest BCUT2D eigenvalue weighted by molar-refractivity contribution is -0.127. The van der Waals surface area contributed by atoms with Crippen LogP contribution in [0.5, 0.6) is 0 Å². The minimum atomic E-state index is -0.924. The zero-order valence-electron chi connectivity index (χ0n) is 12.1. The third-order valence-electron chi connectivity index (χ3n) is 4.94. The summed E-state index contributed by atoms with van der Waals surface area (Å²) in [7, 11) is 1.77. The highest BCUT2D eigenvalue weighted by molar-refractivity contribution is 6.03. The van der Waals surface area contributed by atoms with Crippen molar-refractivity contribution in [2.75, 3.05) is 11.9 Å². The molecule has 0 unspecified atom stereocenters. The molecule has 0 saturated carbocycles. The fourth-order valence-corrected chi connectivity index (χ4v) is 3.61. The maximum atomic E-state index is 12.8. The number of rotatable bonds is 0. The van der Waals surface area contributed by atoms with Crippen molar-refractivity contribution >= 4 is 11.6 Å². The fourth-order valence-electron chi connectivity index (χ4n) is 3.61. The van der Waals surface area contributed by atoms with E-state index in [-0.39, 0.29) is 11.8 Å². The first kappa shape index (κ1) is 12.9. The number of benzene rings is 1. The number of anilines is 1. The molecule has 1 amide bonds. The van der Waals surface area contributed by atoms with Crippen LogP contribution in [0.3, 0.4) is 0 Å². The Bertz CT molecular complexity index is 668. The summed E-state index contributed by atoms with van der Waals surface area (Å²) < 4.78 is 0. The number of hydrogen-bond acceptors (Lipinski definition) is 2. The van der Waals surface area contributed by atoms with Crippen molar-refractivity contribution in [3.8, 4) is 6.07 Å². The zero-order valence-corrected chi connectivity index (χ0v) is 12.1. The SMILES string of the molecule is CC1=C(C)C[C@]2(C#N)C(=O)N(C)c3ccccc3[C@@H]2C1. The van der Waals surface area contributed by atoms with Crippen LogP contribution in [-0.2, 0) is 4.79 Å². The third kappa shape index (κ3) is 1.48. The van der Waals surface area contributed by atoms with E-state index in [1.165, 1.54) is 11.1 Å². The lowest BCUT2D eigenvalue weighted by Crippen LogP contribution is -2.50. The molecule has 1 aromatic carbocycles. The molecule has 0 radical (unpaired) electrons. The second-order valence-corrected chi connectivity index (χ2v) is 6.00. The lowest BCUT2D eigenvalue weighted by Gasteiger charge is -2.46. The van der Waals surface area contributed by atoms with Gasteiger partial charge in [0.25, 0.3) is 0 Å². The van der Waals surface area contributed by atoms with E-state index in [0.717, 1.165) is 17.7 Å². The van der Waals surface area contributed by atoms with Crippen molar-refractivity contribution in [1.82, 2.24) is 0 Å². The normalized spacial score (nSPS) is 28.8. The standard InChI is InChI=1S/C17H18N2O/c1-11-8-14-13-6-4-5-7-15(13)19(3)16(20)17(14,10-18)9-12(11)2/h4-7,14H,8-9H2,1-3H3/t14-,17+/m0/s1. The Kier molecular flexibility index (Phi) is 2.72. The molecule has 102 valence electrons. The second-order valence-electron chi connectivity index (χ2n) is 6.00. The quantitative estimate of drug-likeness (QED) is 0.676. The first-order valence-electron chi connectivity index (χ1n) is 6.95. The zero-order chi connectivity index (χ0) is 14.5. The van der Waals surface area contributed by atoms with Crippen LogP contribution in [0.25, 0.3) is 0 Å². The van der Waals surface area contributed by atoms with Gasteiger partial charge in [-0.25, -0.2) is 0 Å². The smallest absolute Gasteiger partial charge is 0.248 e. The molecule has 0 bridgehead atoms. The first-order valence-corrected chi connectivity index (χ1v) is 6.95. The van der Waals surface area contributed by atoms with Crippen LogP contribution >= 0.6 is 0 Å². The summed E-state index contributed by atoms with van der Waals surface area (Å²) in [6, 6.07) is 10.3. The topological polar surface area (TPSA) is 44.1 Å². The van der Waals surface area contributed by atoms with Crippen LogP contribution in [0.2, 0.25) is 0 Å². The summed E-state index contributed by atoms with van der Waals surface area (Å²) in [5.41, 5.74) is 3.65. The van der Waals surface area contributed by atoms with Crippen LogP contribution in [-0.4, -0.2) is 13.0 Å². The summed E-state index contributed by atoms with van der Waals surface area (Å²) in [6.45, 7) is 4.15. The van der Waals surface area contributed by atoms with E-state index < -0.39 is 5.41 Å². The highest BCUT2D eigenvalue weighted by Crippen LogP contribution is 2.54. The molecule has 2 atom stereocenters. The number of nitrogens with zero attached hydrogens (tertiary/aromatic N) is 2. The molecule has 3 rings (SSSR count). The molecule has 3 heteroatoms. The Labute approximate surface area is 119 Å². The third-order valence-corrected chi connectivity index (χ3v) is 4.94. The van der Waals surface area contributed by atoms with Gasteiger partial charge >= 0.3 is 0 Å². The second kappa shape index (κ2) is 4.21. The molecule has 3 nitrogen and oxygen atoms in total. The van der Waals surface area contributed by atoms with Gasteiger partial charge in [-0.3, -0.25) is 4.79 Å². The van der Waals surface area contributed by atoms with Gasteiger partial charge < -0.3 is 4.90 Å². The number of allylic oxidation sites excluding steroid dienone is 2. The molecule has 0 saturated heterocycles. The van der Waals surface area contributed by atoms with E-state index >= 15 is 0 Å². The minimum absolute atomic E-state index is 0.0175.